The van der Waals surface area contributed by atoms with Gasteiger partial charge in [-0.3, -0.25) is 68.4 Å². The molecule has 0 saturated carbocycles. The first-order valence-electron chi connectivity index (χ1n) is 35.7. The zero-order valence-electron chi connectivity index (χ0n) is 60.0. The number of urea groups is 2. The van der Waals surface area contributed by atoms with Gasteiger partial charge in [0.15, 0.2) is 42.7 Å². The van der Waals surface area contributed by atoms with Gasteiger partial charge in [-0.25, -0.2) is 50.8 Å². The summed E-state index contributed by atoms with van der Waals surface area (Å²) in [5, 5.41) is 19.9. The van der Waals surface area contributed by atoms with Crippen LogP contribution in [0, 0.1) is 16.6 Å². The molecular weight excluding hydrogens is 1480 g/mol. The molecule has 0 radical (unpaired) electrons. The molecule has 14 amide bonds. The minimum atomic E-state index is -3.39. The van der Waals surface area contributed by atoms with Crippen molar-refractivity contribution in [3.05, 3.63) is 137 Å². The molecule has 2 spiro atoms. The van der Waals surface area contributed by atoms with E-state index >= 15 is 0 Å². The van der Waals surface area contributed by atoms with Crippen molar-refractivity contribution in [3.8, 4) is 0 Å². The van der Waals surface area contributed by atoms with Crippen LogP contribution in [-0.2, 0) is 38.9 Å². The van der Waals surface area contributed by atoms with Crippen molar-refractivity contribution in [1.29, 1.82) is 0 Å². The Morgan fingerprint density at radius 3 is 1.33 bits per heavy atom. The molecule has 111 heavy (non-hydrogen) atoms. The summed E-state index contributed by atoms with van der Waals surface area (Å²) < 4.78 is 60.3. The summed E-state index contributed by atoms with van der Waals surface area (Å²) in [5.74, 6) is -5.45. The van der Waals surface area contributed by atoms with E-state index in [0.29, 0.717) is 68.8 Å². The van der Waals surface area contributed by atoms with Gasteiger partial charge in [0, 0.05) is 144 Å². The monoisotopic (exact) mass is 1560 g/mol. The van der Waals surface area contributed by atoms with Gasteiger partial charge >= 0.3 is 12.1 Å². The largest absolute Gasteiger partial charge is 0.370 e. The molecular formula is C72H77FN20O16S2. The zero-order valence-corrected chi connectivity index (χ0v) is 61.6. The van der Waals surface area contributed by atoms with Gasteiger partial charge in [-0.1, -0.05) is 0 Å². The number of fused-ring (bicyclic) bond motifs is 2. The van der Waals surface area contributed by atoms with Gasteiger partial charge in [-0.15, -0.1) is 0 Å². The number of anilines is 7. The lowest BCUT2D eigenvalue weighted by atomic mass is 9.72. The third kappa shape index (κ3) is 15.6. The Hall–Kier alpha value is -12.1. The highest BCUT2D eigenvalue weighted by Gasteiger charge is 2.55. The SMILES string of the molecule is CS(=O)(=O)c1ccc(Nc2nc(N3CCCC(NC(=O)N4CC5(C4)CN(c4ccc6c(c4)C(=O)N(C4CCC(=O)NC4=O)C6=O)C5)C3)cnc2C(N)=O)cc1.CS(=O)(=O)c1ccc(Nc2nc(N3CCCC(NC(=O)N4CC5(CNC5)C4)C3)cnc2C(N)=O)cc1.O=C1CCC(N2C(=O)c3ccc(F)cc3C2=O)C(=O)N1. The maximum absolute atomic E-state index is 13.3. The number of hydrogen-bond donors (Lipinski definition) is 9. The van der Waals surface area contributed by atoms with Gasteiger partial charge in [-0.05, 0) is 123 Å². The number of halogens is 1. The van der Waals surface area contributed by atoms with Crippen molar-refractivity contribution >= 4 is 131 Å². The number of primary amides is 2. The Labute approximate surface area is 633 Å². The lowest BCUT2D eigenvalue weighted by molar-refractivity contribution is -0.137. The molecule has 12 heterocycles. The molecule has 4 unspecified atom stereocenters. The van der Waals surface area contributed by atoms with E-state index in [1.807, 2.05) is 14.7 Å². The van der Waals surface area contributed by atoms with Gasteiger partial charge in [0.1, 0.15) is 29.5 Å². The number of carbonyl (C=O) groups excluding carboxylic acids is 12. The number of imide groups is 4. The molecule has 4 atom stereocenters. The van der Waals surface area contributed by atoms with E-state index < -0.39 is 96.6 Å². The van der Waals surface area contributed by atoms with Crippen molar-refractivity contribution in [1.82, 2.24) is 66.1 Å². The quantitative estimate of drug-likeness (QED) is 0.0651. The predicted molar refractivity (Wildman–Crippen MR) is 394 cm³/mol. The van der Waals surface area contributed by atoms with Crippen LogP contribution in [0.4, 0.5) is 54.3 Å². The van der Waals surface area contributed by atoms with E-state index in [9.17, 15) is 78.8 Å². The average Bonchev–Trinajstić information content (AvgIpc) is 1.66. The van der Waals surface area contributed by atoms with E-state index in [-0.39, 0.29) is 116 Å². The molecule has 0 bridgehead atoms. The molecule has 16 rings (SSSR count). The van der Waals surface area contributed by atoms with Gasteiger partial charge in [0.05, 0.1) is 44.4 Å². The normalized spacial score (nSPS) is 21.6. The van der Waals surface area contributed by atoms with Crippen LogP contribution < -0.4 is 63.4 Å². The standard InChI is InChI=1S/C36H38N10O8S.C23H30N8O4S.C13H9FN2O4/c1-55(53,54)23-7-4-20(5-8-23)39-31-29(30(37)48)38-14-27(41-31)43-12-2-3-21(15-43)40-35(52)45-18-36(19-45)16-44(17-36)22-6-9-24-25(13-22)34(51)46(33(24)50)26-10-11-28(47)42-32(26)49;1-36(34,35)17-6-4-15(5-7-17)27-21-19(20(24)32)26-9-18(29-21)30-8-2-3-16(10-30)28-22(33)31-13-23(14-31)11-25-12-23;14-6-1-2-7-8(5-6)13(20)16(12(7)19)9-3-4-10(17)15-11(9)18/h4-9,13-14,21,26H,2-3,10-12,15-19H2,1H3,(H2,37,48)(H,39,41)(H,40,52)(H,42,47,49);4-7,9,16,25H,2-3,8,10-14H2,1H3,(H2,24,32)(H,27,29)(H,28,33);1-2,5,9H,3-4H2,(H,15,17,18). The lowest BCUT2D eigenvalue weighted by Gasteiger charge is -2.60. The Morgan fingerprint density at radius 2 is 0.928 bits per heavy atom. The molecule has 36 nitrogen and oxygen atoms in total. The number of hydrogen-bond acceptors (Lipinski definition) is 26. The number of likely N-dealkylation sites (tertiary alicyclic amines) is 2. The van der Waals surface area contributed by atoms with Crippen molar-refractivity contribution in [2.45, 2.75) is 85.3 Å². The number of benzene rings is 4. The van der Waals surface area contributed by atoms with E-state index in [1.165, 1.54) is 42.7 Å². The van der Waals surface area contributed by atoms with E-state index in [2.05, 4.69) is 62.1 Å². The number of aromatic nitrogens is 4. The minimum absolute atomic E-state index is 0.0231. The number of nitrogens with zero attached hydrogens (tertiary/aromatic N) is 11. The van der Waals surface area contributed by atoms with Gasteiger partial charge in [0.2, 0.25) is 23.6 Å². The Balaban J connectivity index is 0.000000156. The lowest BCUT2D eigenvalue weighted by Crippen LogP contribution is -2.74. The molecule has 0 aliphatic carbocycles. The molecule has 6 aromatic rings. The molecule has 4 aromatic carbocycles. The van der Waals surface area contributed by atoms with Gasteiger partial charge in [0.25, 0.3) is 35.4 Å². The maximum Gasteiger partial charge on any atom is 0.317 e. The Bertz CT molecular complexity index is 5150. The van der Waals surface area contributed by atoms with Crippen LogP contribution in [0.25, 0.3) is 0 Å². The van der Waals surface area contributed by atoms with Crippen LogP contribution in [0.15, 0.2) is 107 Å². The van der Waals surface area contributed by atoms with Crippen molar-refractivity contribution < 1.29 is 78.8 Å². The average molecular weight is 1560 g/mol. The minimum Gasteiger partial charge on any atom is -0.370 e. The van der Waals surface area contributed by atoms with Crippen LogP contribution in [-0.4, -0.2) is 243 Å². The highest BCUT2D eigenvalue weighted by molar-refractivity contribution is 7.91. The van der Waals surface area contributed by atoms with Crippen LogP contribution in [0.2, 0.25) is 0 Å². The molecule has 2 aromatic heterocycles. The molecule has 10 aliphatic rings. The fourth-order valence-electron chi connectivity index (χ4n) is 15.3. The van der Waals surface area contributed by atoms with E-state index in [1.54, 1.807) is 47.4 Å². The highest BCUT2D eigenvalue weighted by Crippen LogP contribution is 2.44. The maximum atomic E-state index is 13.3. The summed E-state index contributed by atoms with van der Waals surface area (Å²) in [6.07, 6.45) is 8.78. The second kappa shape index (κ2) is 29.7. The fraction of sp³-hybridized carbons (Fsp3) is 0.389. The van der Waals surface area contributed by atoms with Gasteiger partial charge < -0.3 is 62.6 Å². The molecule has 10 aliphatic heterocycles. The number of amides is 14. The van der Waals surface area contributed by atoms with Gasteiger partial charge in [-0.2, -0.15) is 0 Å². The summed E-state index contributed by atoms with van der Waals surface area (Å²) in [4.78, 5) is 177. The number of nitrogens with one attached hydrogen (secondary N) is 7. The van der Waals surface area contributed by atoms with Crippen molar-refractivity contribution in [2.24, 2.45) is 22.3 Å². The Morgan fingerprint density at radius 1 is 0.514 bits per heavy atom. The Kier molecular flexibility index (Phi) is 20.2. The zero-order chi connectivity index (χ0) is 78.8. The van der Waals surface area contributed by atoms with Crippen LogP contribution in [0.5, 0.6) is 0 Å². The summed E-state index contributed by atoms with van der Waals surface area (Å²) in [6.45, 7) is 8.44. The number of piperidine rings is 4. The van der Waals surface area contributed by atoms with Crippen LogP contribution in [0.3, 0.4) is 0 Å². The first kappa shape index (κ1) is 75.7. The molecule has 580 valence electrons. The summed E-state index contributed by atoms with van der Waals surface area (Å²) >= 11 is 0. The first-order chi connectivity index (χ1) is 52.8. The van der Waals surface area contributed by atoms with Crippen molar-refractivity contribution in [3.63, 3.8) is 0 Å². The molecule has 8 fully saturated rings. The second-order valence-corrected chi connectivity index (χ2v) is 33.4. The second-order valence-electron chi connectivity index (χ2n) is 29.4. The molecule has 11 N–H and O–H groups in total. The first-order valence-corrected chi connectivity index (χ1v) is 39.5. The highest BCUT2D eigenvalue weighted by atomic mass is 32.2. The van der Waals surface area contributed by atoms with E-state index in [4.69, 9.17) is 11.5 Å². The predicted octanol–water partition coefficient (Wildman–Crippen LogP) is 1.16. The number of nitrogens with two attached hydrogens (primary N) is 2. The molecule has 39 heteroatoms. The topological polar surface area (TPSA) is 484 Å². The summed E-state index contributed by atoms with van der Waals surface area (Å²) in [5.41, 5.74) is 13.4. The third-order valence-corrected chi connectivity index (χ3v) is 23.4. The number of rotatable bonds is 15. The van der Waals surface area contributed by atoms with E-state index in [0.717, 1.165) is 98.5 Å². The third-order valence-electron chi connectivity index (χ3n) is 21.1. The van der Waals surface area contributed by atoms with Crippen LogP contribution in [0.1, 0.15) is 114 Å². The number of sulfone groups is 2. The smallest absolute Gasteiger partial charge is 0.317 e. The number of carbonyl (C=O) groups is 12. The summed E-state index contributed by atoms with van der Waals surface area (Å²) in [6, 6.07) is 18.0. The van der Waals surface area contributed by atoms with Crippen molar-refractivity contribution in [2.75, 3.05) is 116 Å². The summed E-state index contributed by atoms with van der Waals surface area (Å²) in [7, 11) is -6.72. The molecule has 8 saturated heterocycles. The fourth-order valence-corrected chi connectivity index (χ4v) is 16.6. The van der Waals surface area contributed by atoms with Crippen LogP contribution >= 0.6 is 0 Å².